The molecule has 2 aliphatic carbocycles. The molecule has 0 fully saturated rings. The Balaban J connectivity index is 1.18. The average molecular weight is 736 g/mol. The number of hydrogen-bond acceptors (Lipinski definition) is 1. The van der Waals surface area contributed by atoms with Crippen LogP contribution in [0.3, 0.4) is 0 Å². The second-order valence-electron chi connectivity index (χ2n) is 16.5. The van der Waals surface area contributed by atoms with Crippen LogP contribution in [0, 0.1) is 0 Å². The van der Waals surface area contributed by atoms with Gasteiger partial charge in [0.1, 0.15) is 0 Å². The minimum Gasteiger partial charge on any atom is -0.310 e. The minimum atomic E-state index is -2.67. The molecule has 0 N–H and O–H groups in total. The summed E-state index contributed by atoms with van der Waals surface area (Å²) in [6.45, 7) is 9.49. The second kappa shape index (κ2) is 12.9. The van der Waals surface area contributed by atoms with Gasteiger partial charge in [0.2, 0.25) is 0 Å². The van der Waals surface area contributed by atoms with Gasteiger partial charge in [-0.1, -0.05) is 191 Å². The molecular formula is C54H45NSi. The van der Waals surface area contributed by atoms with Crippen LogP contribution in [-0.4, -0.2) is 8.07 Å². The number of hydrogen-bond donors (Lipinski definition) is 0. The lowest BCUT2D eigenvalue weighted by molar-refractivity contribution is 0.660. The van der Waals surface area contributed by atoms with Crippen LogP contribution in [0.2, 0.25) is 0 Å². The molecule has 10 rings (SSSR count). The summed E-state index contributed by atoms with van der Waals surface area (Å²) in [5, 5.41) is 5.49. The van der Waals surface area contributed by atoms with Crippen molar-refractivity contribution in [1.29, 1.82) is 0 Å². The fourth-order valence-electron chi connectivity index (χ4n) is 10.0. The molecule has 270 valence electrons. The molecule has 0 aliphatic heterocycles. The lowest BCUT2D eigenvalue weighted by Gasteiger charge is -2.35. The van der Waals surface area contributed by atoms with Crippen LogP contribution in [0.1, 0.15) is 49.9 Å². The molecule has 0 aromatic heterocycles. The standard InChI is InChI=1S/C54H45NSi/c1-53(2)49-26-16-14-24-45(49)47-34-30-39(36-51(47)53)55(40-31-35-48-46-25-15-17-27-50(46)54(3,4)52(48)37-40)38-28-32-44(33-29-38)56(41-18-8-5-9-19-41,42-20-10-6-11-21-42)43-22-12-7-13-23-43/h5-37H,1-4H3. The third kappa shape index (κ3) is 5.06. The van der Waals surface area contributed by atoms with Crippen LogP contribution in [0.5, 0.6) is 0 Å². The quantitative estimate of drug-likeness (QED) is 0.116. The first kappa shape index (κ1) is 34.3. The Hall–Kier alpha value is -6.22. The van der Waals surface area contributed by atoms with Crippen LogP contribution >= 0.6 is 0 Å². The highest BCUT2D eigenvalue weighted by Gasteiger charge is 2.42. The second-order valence-corrected chi connectivity index (χ2v) is 20.3. The topological polar surface area (TPSA) is 3.24 Å². The Morgan fingerprint density at radius 2 is 0.625 bits per heavy atom. The van der Waals surface area contributed by atoms with E-state index in [0.29, 0.717) is 0 Å². The number of rotatable bonds is 7. The summed E-state index contributed by atoms with van der Waals surface area (Å²) in [6.07, 6.45) is 0. The number of nitrogens with zero attached hydrogens (tertiary/aromatic N) is 1. The third-order valence-electron chi connectivity index (χ3n) is 12.8. The Morgan fingerprint density at radius 1 is 0.304 bits per heavy atom. The smallest absolute Gasteiger partial charge is 0.179 e. The van der Waals surface area contributed by atoms with E-state index in [0.717, 1.165) is 5.69 Å². The molecule has 0 unspecified atom stereocenters. The Kier molecular flexibility index (Phi) is 7.92. The van der Waals surface area contributed by atoms with E-state index in [2.05, 4.69) is 233 Å². The molecule has 2 aliphatic rings. The van der Waals surface area contributed by atoms with Gasteiger partial charge in [0, 0.05) is 27.9 Å². The number of benzene rings is 8. The van der Waals surface area contributed by atoms with E-state index < -0.39 is 8.07 Å². The van der Waals surface area contributed by atoms with Crippen LogP contribution in [-0.2, 0) is 10.8 Å². The van der Waals surface area contributed by atoms with Crippen molar-refractivity contribution in [3.8, 4) is 22.3 Å². The first-order chi connectivity index (χ1) is 27.3. The predicted molar refractivity (Wildman–Crippen MR) is 240 cm³/mol. The molecule has 0 spiro atoms. The summed E-state index contributed by atoms with van der Waals surface area (Å²) in [4.78, 5) is 2.49. The van der Waals surface area contributed by atoms with Crippen molar-refractivity contribution in [2.75, 3.05) is 4.90 Å². The summed E-state index contributed by atoms with van der Waals surface area (Å²) >= 11 is 0. The van der Waals surface area contributed by atoms with Crippen LogP contribution < -0.4 is 25.6 Å². The van der Waals surface area contributed by atoms with Crippen molar-refractivity contribution in [3.63, 3.8) is 0 Å². The number of fused-ring (bicyclic) bond motifs is 6. The number of anilines is 3. The van der Waals surface area contributed by atoms with E-state index in [1.54, 1.807) is 0 Å². The molecule has 8 aromatic carbocycles. The van der Waals surface area contributed by atoms with Gasteiger partial charge in [0.25, 0.3) is 0 Å². The Bertz CT molecular complexity index is 2530. The van der Waals surface area contributed by atoms with Crippen LogP contribution in [0.4, 0.5) is 17.1 Å². The fraction of sp³-hybridized carbons (Fsp3) is 0.111. The van der Waals surface area contributed by atoms with Crippen LogP contribution in [0.25, 0.3) is 22.3 Å². The molecule has 2 heteroatoms. The van der Waals surface area contributed by atoms with Crippen molar-refractivity contribution >= 4 is 45.9 Å². The molecule has 0 atom stereocenters. The van der Waals surface area contributed by atoms with Crippen molar-refractivity contribution in [2.24, 2.45) is 0 Å². The zero-order valence-corrected chi connectivity index (χ0v) is 33.5. The van der Waals surface area contributed by atoms with E-state index in [1.807, 2.05) is 0 Å². The molecule has 8 aromatic rings. The van der Waals surface area contributed by atoms with Gasteiger partial charge < -0.3 is 4.90 Å². The molecule has 0 radical (unpaired) electrons. The summed E-state index contributed by atoms with van der Waals surface area (Å²) < 4.78 is 0. The van der Waals surface area contributed by atoms with Gasteiger partial charge in [-0.2, -0.15) is 0 Å². The first-order valence-corrected chi connectivity index (χ1v) is 21.9. The first-order valence-electron chi connectivity index (χ1n) is 19.9. The van der Waals surface area contributed by atoms with Crippen LogP contribution in [0.15, 0.2) is 200 Å². The van der Waals surface area contributed by atoms with Gasteiger partial charge in [-0.25, -0.2) is 0 Å². The monoisotopic (exact) mass is 735 g/mol. The average Bonchev–Trinajstić information content (AvgIpc) is 3.62. The lowest BCUT2D eigenvalue weighted by atomic mass is 9.82. The normalized spacial score (nSPS) is 14.4. The molecule has 56 heavy (non-hydrogen) atoms. The largest absolute Gasteiger partial charge is 0.310 e. The van der Waals surface area contributed by atoms with Crippen molar-refractivity contribution in [1.82, 2.24) is 0 Å². The maximum atomic E-state index is 2.49. The summed E-state index contributed by atoms with van der Waals surface area (Å²) in [5.74, 6) is 0. The maximum absolute atomic E-state index is 2.67. The highest BCUT2D eigenvalue weighted by Crippen LogP contribution is 2.53. The molecule has 0 bridgehead atoms. The van der Waals surface area contributed by atoms with Gasteiger partial charge >= 0.3 is 0 Å². The zero-order valence-electron chi connectivity index (χ0n) is 32.5. The molecule has 0 saturated heterocycles. The third-order valence-corrected chi connectivity index (χ3v) is 17.6. The van der Waals surface area contributed by atoms with Crippen molar-refractivity contribution in [3.05, 3.63) is 222 Å². The van der Waals surface area contributed by atoms with Crippen molar-refractivity contribution in [2.45, 2.75) is 38.5 Å². The Morgan fingerprint density at radius 3 is 1.04 bits per heavy atom. The Labute approximate surface area is 332 Å². The molecular weight excluding hydrogens is 691 g/mol. The highest BCUT2D eigenvalue weighted by molar-refractivity contribution is 7.19. The molecule has 0 amide bonds. The minimum absolute atomic E-state index is 0.106. The summed E-state index contributed by atoms with van der Waals surface area (Å²) in [6, 6.07) is 75.2. The van der Waals surface area contributed by atoms with E-state index in [4.69, 9.17) is 0 Å². The fourth-order valence-corrected chi connectivity index (χ4v) is 14.8. The predicted octanol–water partition coefficient (Wildman–Crippen LogP) is 11.1. The molecule has 1 nitrogen and oxygen atoms in total. The van der Waals surface area contributed by atoms with Gasteiger partial charge in [-0.3, -0.25) is 0 Å². The maximum Gasteiger partial charge on any atom is 0.179 e. The van der Waals surface area contributed by atoms with Gasteiger partial charge in [0.15, 0.2) is 8.07 Å². The van der Waals surface area contributed by atoms with E-state index in [1.165, 1.54) is 76.6 Å². The van der Waals surface area contributed by atoms with Crippen molar-refractivity contribution < 1.29 is 0 Å². The summed E-state index contributed by atoms with van der Waals surface area (Å²) in [7, 11) is -2.67. The van der Waals surface area contributed by atoms with E-state index in [9.17, 15) is 0 Å². The van der Waals surface area contributed by atoms with Gasteiger partial charge in [-0.05, 0) is 102 Å². The lowest BCUT2D eigenvalue weighted by Crippen LogP contribution is -2.74. The molecule has 0 saturated carbocycles. The SMILES string of the molecule is CC1(C)c2ccccc2-c2ccc(N(c3ccc([Si](c4ccccc4)(c4ccccc4)c4ccccc4)cc3)c3ccc4c(c3)C(C)(C)c3ccccc3-4)cc21. The van der Waals surface area contributed by atoms with Gasteiger partial charge in [0.05, 0.1) is 0 Å². The summed E-state index contributed by atoms with van der Waals surface area (Å²) in [5.41, 5.74) is 14.2. The van der Waals surface area contributed by atoms with E-state index >= 15 is 0 Å². The van der Waals surface area contributed by atoms with E-state index in [-0.39, 0.29) is 10.8 Å². The van der Waals surface area contributed by atoms with Gasteiger partial charge in [-0.15, -0.1) is 0 Å². The zero-order chi connectivity index (χ0) is 38.1. The highest BCUT2D eigenvalue weighted by atomic mass is 28.3. The molecule has 0 heterocycles.